The van der Waals surface area contributed by atoms with Crippen molar-refractivity contribution in [1.82, 2.24) is 4.72 Å². The number of amides is 2. The third-order valence-corrected chi connectivity index (χ3v) is 11.9. The fourth-order valence-corrected chi connectivity index (χ4v) is 8.90. The summed E-state index contributed by atoms with van der Waals surface area (Å²) in [5.41, 5.74) is 3.48. The number of halogens is 1. The summed E-state index contributed by atoms with van der Waals surface area (Å²) in [5.74, 6) is 0.137. The minimum absolute atomic E-state index is 0.0292. The molecule has 2 fully saturated rings. The van der Waals surface area contributed by atoms with Gasteiger partial charge in [-0.05, 0) is 111 Å². The molecule has 5 atom stereocenters. The number of aryl methyl sites for hydroxylation is 1. The monoisotopic (exact) mass is 683 g/mol. The number of carbonyl (C=O) groups excluding carboxylic acids is 2. The minimum Gasteiger partial charge on any atom is -0.491 e. The summed E-state index contributed by atoms with van der Waals surface area (Å²) >= 11 is 6.45. The first-order chi connectivity index (χ1) is 22.7. The summed E-state index contributed by atoms with van der Waals surface area (Å²) in [5, 5.41) is 0.718. The van der Waals surface area contributed by atoms with Crippen molar-refractivity contribution in [2.75, 3.05) is 37.5 Å². The van der Waals surface area contributed by atoms with E-state index in [9.17, 15) is 13.8 Å². The van der Waals surface area contributed by atoms with Gasteiger partial charge in [-0.15, -0.1) is 4.36 Å². The molecule has 2 aromatic carbocycles. The van der Waals surface area contributed by atoms with Crippen molar-refractivity contribution in [3.63, 3.8) is 0 Å². The van der Waals surface area contributed by atoms with Gasteiger partial charge in [0.25, 0.3) is 11.8 Å². The highest BCUT2D eigenvalue weighted by atomic mass is 35.5. The maximum atomic E-state index is 14.2. The van der Waals surface area contributed by atoms with Gasteiger partial charge in [-0.25, -0.2) is 4.21 Å². The zero-order valence-electron chi connectivity index (χ0n) is 27.3. The molecule has 0 radical (unpaired) electrons. The molecule has 1 N–H and O–H groups in total. The Hall–Kier alpha value is -2.92. The fourth-order valence-electron chi connectivity index (χ4n) is 6.81. The van der Waals surface area contributed by atoms with Crippen LogP contribution in [0.4, 0.5) is 5.69 Å². The Labute approximate surface area is 283 Å². The SMILES string of the molecule is CO[C@H]1/C=C/C[C@H](C)CS(=O)(NC(=O)COC2CC2)=NC(=O)c2ccc3c(c2)N(Cc2ccc(Cl)cc2CCCCO3)C[C@@H]2CC[C@H]21. The Balaban J connectivity index is 1.42. The van der Waals surface area contributed by atoms with Gasteiger partial charge < -0.3 is 19.1 Å². The van der Waals surface area contributed by atoms with Gasteiger partial charge in [0.1, 0.15) is 22.3 Å². The van der Waals surface area contributed by atoms with E-state index in [1.807, 2.05) is 25.1 Å². The first-order valence-corrected chi connectivity index (χ1v) is 19.0. The van der Waals surface area contributed by atoms with Crippen LogP contribution in [-0.4, -0.2) is 60.9 Å². The molecular weight excluding hydrogens is 638 g/mol. The molecule has 2 heterocycles. The second-order valence-electron chi connectivity index (χ2n) is 13.5. The third kappa shape index (κ3) is 8.76. The molecule has 6 rings (SSSR count). The molecular formula is C36H46ClN3O6S. The smallest absolute Gasteiger partial charge is 0.286 e. The number of benzene rings is 2. The van der Waals surface area contributed by atoms with Crippen LogP contribution in [0.15, 0.2) is 52.9 Å². The van der Waals surface area contributed by atoms with Crippen LogP contribution in [-0.2, 0) is 37.1 Å². The summed E-state index contributed by atoms with van der Waals surface area (Å²) in [6.45, 7) is 3.64. The highest BCUT2D eigenvalue weighted by Gasteiger charge is 2.38. The molecule has 2 bridgehead atoms. The van der Waals surface area contributed by atoms with Gasteiger partial charge in [0.15, 0.2) is 0 Å². The molecule has 0 saturated heterocycles. The topological polar surface area (TPSA) is 107 Å². The number of hydrogen-bond acceptors (Lipinski definition) is 7. The van der Waals surface area contributed by atoms with E-state index >= 15 is 0 Å². The summed E-state index contributed by atoms with van der Waals surface area (Å²) in [6.07, 6.45) is 11.5. The number of anilines is 1. The molecule has 2 aliphatic heterocycles. The quantitative estimate of drug-likeness (QED) is 0.358. The number of methoxy groups -OCH3 is 1. The summed E-state index contributed by atoms with van der Waals surface area (Å²) < 4.78 is 38.9. The van der Waals surface area contributed by atoms with E-state index in [0.717, 1.165) is 62.2 Å². The Morgan fingerprint density at radius 1 is 1.13 bits per heavy atom. The van der Waals surface area contributed by atoms with E-state index < -0.39 is 21.7 Å². The van der Waals surface area contributed by atoms with E-state index in [-0.39, 0.29) is 30.5 Å². The van der Waals surface area contributed by atoms with Crippen molar-refractivity contribution in [3.8, 4) is 5.75 Å². The van der Waals surface area contributed by atoms with E-state index in [4.69, 9.17) is 25.8 Å². The van der Waals surface area contributed by atoms with Crippen LogP contribution in [0.2, 0.25) is 5.02 Å². The van der Waals surface area contributed by atoms with Gasteiger partial charge in [-0.2, -0.15) is 0 Å². The molecule has 4 aliphatic rings. The average Bonchev–Trinajstić information content (AvgIpc) is 3.85. The number of hydrogen-bond donors (Lipinski definition) is 1. The number of nitrogens with one attached hydrogen (secondary N) is 1. The molecule has 2 saturated carbocycles. The van der Waals surface area contributed by atoms with Gasteiger partial charge in [0.2, 0.25) is 0 Å². The highest BCUT2D eigenvalue weighted by Crippen LogP contribution is 2.42. The van der Waals surface area contributed by atoms with E-state index in [1.54, 1.807) is 13.2 Å². The summed E-state index contributed by atoms with van der Waals surface area (Å²) in [6, 6.07) is 11.4. The average molecular weight is 684 g/mol. The van der Waals surface area contributed by atoms with Crippen molar-refractivity contribution >= 4 is 39.0 Å². The Kier molecular flexibility index (Phi) is 10.9. The molecule has 9 nitrogen and oxygen atoms in total. The molecule has 2 amide bonds. The minimum atomic E-state index is -3.45. The predicted molar refractivity (Wildman–Crippen MR) is 184 cm³/mol. The van der Waals surface area contributed by atoms with Gasteiger partial charge in [0.05, 0.1) is 30.3 Å². The number of rotatable bonds is 5. The first kappa shape index (κ1) is 34.0. The summed E-state index contributed by atoms with van der Waals surface area (Å²) in [7, 11) is -1.70. The summed E-state index contributed by atoms with van der Waals surface area (Å²) in [4.78, 5) is 28.9. The van der Waals surface area contributed by atoms with Gasteiger partial charge in [0, 0.05) is 30.8 Å². The lowest BCUT2D eigenvalue weighted by atomic mass is 9.70. The van der Waals surface area contributed by atoms with Crippen LogP contribution in [0, 0.1) is 17.8 Å². The normalized spacial score (nSPS) is 29.1. The fraction of sp³-hybridized carbons (Fsp3) is 0.556. The van der Waals surface area contributed by atoms with Gasteiger partial charge in [-0.1, -0.05) is 36.7 Å². The predicted octanol–water partition coefficient (Wildman–Crippen LogP) is 6.52. The zero-order valence-corrected chi connectivity index (χ0v) is 28.9. The van der Waals surface area contributed by atoms with Crippen molar-refractivity contribution in [1.29, 1.82) is 0 Å². The zero-order chi connectivity index (χ0) is 33.0. The molecule has 0 aromatic heterocycles. The number of nitrogens with zero attached hydrogens (tertiary/aromatic N) is 2. The van der Waals surface area contributed by atoms with Gasteiger partial charge in [-0.3, -0.25) is 14.3 Å². The lowest BCUT2D eigenvalue weighted by molar-refractivity contribution is -0.124. The van der Waals surface area contributed by atoms with Crippen LogP contribution < -0.4 is 14.4 Å². The number of carbonyl (C=O) groups is 2. The molecule has 2 aliphatic carbocycles. The van der Waals surface area contributed by atoms with E-state index in [1.165, 1.54) is 11.1 Å². The third-order valence-electron chi connectivity index (χ3n) is 9.65. The van der Waals surface area contributed by atoms with Crippen LogP contribution in [0.1, 0.15) is 73.4 Å². The van der Waals surface area contributed by atoms with Gasteiger partial charge >= 0.3 is 0 Å². The second kappa shape index (κ2) is 15.1. The largest absolute Gasteiger partial charge is 0.491 e. The highest BCUT2D eigenvalue weighted by molar-refractivity contribution is 7.92. The van der Waals surface area contributed by atoms with E-state index in [0.29, 0.717) is 42.7 Å². The standard InChI is InChI=1S/C36H46ClN3O6S/c1-24-6-5-8-33(44-2)31-15-10-28(31)21-40-20-27-9-12-29(37)18-25(27)7-3-4-17-45-34-16-11-26(19-32(34)40)36(42)39-47(43,23-24)38-35(41)22-46-30-13-14-30/h5,8-9,11-12,16,18-19,24,28,30-31,33H,3-4,6-7,10,13-15,17,20-23H2,1-2H3,(H,38,39,41,42,43)/b8-5+/t24-,28-,31+,33-,47?/m0/s1. The first-order valence-electron chi connectivity index (χ1n) is 16.9. The van der Waals surface area contributed by atoms with E-state index in [2.05, 4.69) is 38.3 Å². The Bertz CT molecular complexity index is 1620. The van der Waals surface area contributed by atoms with Crippen molar-refractivity contribution in [2.24, 2.45) is 22.1 Å². The van der Waals surface area contributed by atoms with Crippen LogP contribution in [0.3, 0.4) is 0 Å². The lowest BCUT2D eigenvalue weighted by Gasteiger charge is -2.43. The van der Waals surface area contributed by atoms with Crippen LogP contribution in [0.5, 0.6) is 5.75 Å². The molecule has 1 unspecified atom stereocenters. The van der Waals surface area contributed by atoms with Crippen molar-refractivity contribution in [3.05, 3.63) is 70.3 Å². The van der Waals surface area contributed by atoms with Crippen LogP contribution in [0.25, 0.3) is 0 Å². The molecule has 0 spiro atoms. The van der Waals surface area contributed by atoms with Crippen LogP contribution >= 0.6 is 11.6 Å². The number of ether oxygens (including phenoxy) is 3. The molecule has 2 aromatic rings. The molecule has 11 heteroatoms. The lowest BCUT2D eigenvalue weighted by Crippen LogP contribution is -2.43. The molecule has 254 valence electrons. The van der Waals surface area contributed by atoms with Crippen molar-refractivity contribution in [2.45, 2.75) is 77.0 Å². The maximum Gasteiger partial charge on any atom is 0.286 e. The molecule has 47 heavy (non-hydrogen) atoms. The maximum absolute atomic E-state index is 14.2. The Morgan fingerprint density at radius 2 is 1.98 bits per heavy atom. The Morgan fingerprint density at radius 3 is 2.74 bits per heavy atom. The number of fused-ring (bicyclic) bond motifs is 3. The second-order valence-corrected chi connectivity index (χ2v) is 15.9. The number of allylic oxidation sites excluding steroid dienone is 1. The van der Waals surface area contributed by atoms with Crippen molar-refractivity contribution < 1.29 is 28.0 Å².